The molecule has 0 rings (SSSR count). The molecule has 0 fully saturated rings. The van der Waals surface area contributed by atoms with Gasteiger partial charge in [0.05, 0.1) is 0 Å². The molecule has 3 nitrogen and oxygen atoms in total. The Kier molecular flexibility index (Phi) is 7.42. The topological polar surface area (TPSA) is 57.5 Å². The van der Waals surface area contributed by atoms with E-state index in [0.29, 0.717) is 6.42 Å². The molecule has 0 bridgehead atoms. The van der Waals surface area contributed by atoms with Crippen LogP contribution in [0.4, 0.5) is 0 Å². The Labute approximate surface area is 139 Å². The number of rotatable bonds is 10. The van der Waals surface area contributed by atoms with Gasteiger partial charge in [0.15, 0.2) is 0 Å². The van der Waals surface area contributed by atoms with Gasteiger partial charge in [-0.25, -0.2) is 0 Å². The van der Waals surface area contributed by atoms with Crippen LogP contribution in [0.2, 0.25) is 0 Å². The van der Waals surface area contributed by atoms with E-state index in [0.717, 1.165) is 12.8 Å². The fourth-order valence-corrected chi connectivity index (χ4v) is 10.9. The van der Waals surface area contributed by atoms with E-state index in [9.17, 15) is 14.4 Å². The van der Waals surface area contributed by atoms with Gasteiger partial charge >= 0.3 is 139 Å². The monoisotopic (exact) mass is 374 g/mol. The summed E-state index contributed by atoms with van der Waals surface area (Å²) in [5.41, 5.74) is 0. The van der Waals surface area contributed by atoms with Crippen molar-refractivity contribution < 1.29 is 14.4 Å². The molecule has 0 aromatic carbocycles. The zero-order valence-corrected chi connectivity index (χ0v) is 18.9. The van der Waals surface area contributed by atoms with Gasteiger partial charge in [-0.05, 0) is 0 Å². The third-order valence-corrected chi connectivity index (χ3v) is 13.6. The molecule has 22 heavy (non-hydrogen) atoms. The summed E-state index contributed by atoms with van der Waals surface area (Å²) in [4.78, 5) is 19.4. The molecular formula is C16H41O3P3. The van der Waals surface area contributed by atoms with Crippen LogP contribution >= 0.6 is 20.8 Å². The van der Waals surface area contributed by atoms with E-state index in [2.05, 4.69) is 53.3 Å². The first kappa shape index (κ1) is 23.0. The fraction of sp³-hybridized carbons (Fsp3) is 1.00. The van der Waals surface area contributed by atoms with E-state index in [-0.39, 0.29) is 0 Å². The SMILES string of the molecule is CP(C)(C)(C)CCCCCCCC(P(=O)(O)O)P(C)(C)(C)C. The third-order valence-electron chi connectivity index (χ3n) is 4.10. The number of hydrogen-bond donors (Lipinski definition) is 2. The molecule has 0 saturated heterocycles. The van der Waals surface area contributed by atoms with Crippen molar-refractivity contribution in [2.75, 3.05) is 59.5 Å². The normalized spacial score (nSPS) is 19.0. The van der Waals surface area contributed by atoms with Gasteiger partial charge in [0.25, 0.3) is 0 Å². The average Bonchev–Trinajstić information content (AvgIpc) is 2.13. The quantitative estimate of drug-likeness (QED) is 0.419. The molecule has 0 radical (unpaired) electrons. The molecule has 138 valence electrons. The van der Waals surface area contributed by atoms with Crippen LogP contribution in [-0.4, -0.2) is 74.7 Å². The van der Waals surface area contributed by atoms with Crippen molar-refractivity contribution in [2.45, 2.75) is 43.9 Å². The first-order valence-electron chi connectivity index (χ1n) is 8.40. The molecule has 0 aromatic rings. The molecule has 6 heteroatoms. The van der Waals surface area contributed by atoms with Gasteiger partial charge in [-0.15, -0.1) is 0 Å². The summed E-state index contributed by atoms with van der Waals surface area (Å²) >= 11 is 0. The molecule has 0 aliphatic heterocycles. The van der Waals surface area contributed by atoms with Gasteiger partial charge in [-0.1, -0.05) is 0 Å². The fourth-order valence-electron chi connectivity index (χ4n) is 2.89. The van der Waals surface area contributed by atoms with E-state index >= 15 is 0 Å². The summed E-state index contributed by atoms with van der Waals surface area (Å²) in [6.45, 7) is 14.4. The maximum absolute atomic E-state index is 11.8. The summed E-state index contributed by atoms with van der Waals surface area (Å²) in [6.07, 6.45) is 7.80. The van der Waals surface area contributed by atoms with Gasteiger partial charge in [0.2, 0.25) is 0 Å². The third kappa shape index (κ3) is 11.5. The van der Waals surface area contributed by atoms with E-state index in [4.69, 9.17) is 0 Å². The van der Waals surface area contributed by atoms with Crippen LogP contribution in [0.5, 0.6) is 0 Å². The van der Waals surface area contributed by atoms with Gasteiger partial charge in [0, 0.05) is 0 Å². The zero-order valence-electron chi connectivity index (χ0n) is 16.2. The van der Waals surface area contributed by atoms with Gasteiger partial charge in [-0.2, -0.15) is 0 Å². The van der Waals surface area contributed by atoms with Crippen LogP contribution in [0.25, 0.3) is 0 Å². The molecule has 2 N–H and O–H groups in total. The Balaban J connectivity index is 4.16. The minimum absolute atomic E-state index is 0.432. The molecule has 0 saturated carbocycles. The van der Waals surface area contributed by atoms with Crippen LogP contribution in [0.1, 0.15) is 38.5 Å². The summed E-state index contributed by atoms with van der Waals surface area (Å²) in [5.74, 6) is 0. The van der Waals surface area contributed by atoms with Crippen LogP contribution < -0.4 is 0 Å². The number of hydrogen-bond acceptors (Lipinski definition) is 1. The Bertz CT molecular complexity index is 391. The van der Waals surface area contributed by atoms with Crippen molar-refractivity contribution in [3.63, 3.8) is 0 Å². The standard InChI is InChI=1S/C16H41O3P3/c1-21(2,3,4)15-13-11-9-10-12-14-16(20(17,18)19)22(5,6,7)8/h16H,9-15H2,1-8H3,(H2,17,18,19). The Morgan fingerprint density at radius 2 is 1.18 bits per heavy atom. The summed E-state index contributed by atoms with van der Waals surface area (Å²) in [7, 11) is -3.99. The van der Waals surface area contributed by atoms with Crippen LogP contribution in [0, 0.1) is 0 Å². The van der Waals surface area contributed by atoms with E-state index in [1.54, 1.807) is 0 Å². The molecule has 0 heterocycles. The van der Waals surface area contributed by atoms with Gasteiger partial charge < -0.3 is 0 Å². The molecule has 0 amide bonds. The minimum atomic E-state index is -3.99. The molecule has 0 aliphatic rings. The Morgan fingerprint density at radius 3 is 1.55 bits per heavy atom. The maximum atomic E-state index is 11.8. The van der Waals surface area contributed by atoms with Crippen LogP contribution in [0.3, 0.4) is 0 Å². The predicted molar refractivity (Wildman–Crippen MR) is 110 cm³/mol. The van der Waals surface area contributed by atoms with Crippen LogP contribution in [0.15, 0.2) is 0 Å². The van der Waals surface area contributed by atoms with Crippen molar-refractivity contribution in [1.29, 1.82) is 0 Å². The molecule has 1 atom stereocenters. The first-order chi connectivity index (χ1) is 9.35. The molecule has 0 spiro atoms. The second-order valence-corrected chi connectivity index (χ2v) is 29.6. The molecule has 0 aromatic heterocycles. The van der Waals surface area contributed by atoms with E-state index in [1.165, 1.54) is 25.4 Å². The summed E-state index contributed by atoms with van der Waals surface area (Å²) < 4.78 is 11.8. The summed E-state index contributed by atoms with van der Waals surface area (Å²) in [6, 6.07) is 0. The van der Waals surface area contributed by atoms with Crippen molar-refractivity contribution >= 4 is 20.8 Å². The Morgan fingerprint density at radius 1 is 0.773 bits per heavy atom. The first-order valence-corrected chi connectivity index (χ1v) is 18.4. The Hall–Kier alpha value is 1.01. The van der Waals surface area contributed by atoms with Crippen LogP contribution in [-0.2, 0) is 4.57 Å². The molecule has 1 unspecified atom stereocenters. The van der Waals surface area contributed by atoms with Gasteiger partial charge in [-0.3, -0.25) is 0 Å². The van der Waals surface area contributed by atoms with E-state index < -0.39 is 26.2 Å². The molecule has 0 aliphatic carbocycles. The molecular weight excluding hydrogens is 333 g/mol. The predicted octanol–water partition coefficient (Wildman–Crippen LogP) is 4.98. The van der Waals surface area contributed by atoms with Crippen molar-refractivity contribution in [2.24, 2.45) is 0 Å². The second kappa shape index (κ2) is 7.09. The second-order valence-electron chi connectivity index (χ2n) is 11.0. The zero-order chi connectivity index (χ0) is 17.9. The van der Waals surface area contributed by atoms with Gasteiger partial charge in [0.1, 0.15) is 0 Å². The van der Waals surface area contributed by atoms with Crippen molar-refractivity contribution in [1.82, 2.24) is 0 Å². The summed E-state index contributed by atoms with van der Waals surface area (Å²) in [5, 5.41) is -0.432. The average molecular weight is 374 g/mol. The number of unbranched alkanes of at least 4 members (excludes halogenated alkanes) is 4. The van der Waals surface area contributed by atoms with Crippen molar-refractivity contribution in [3.8, 4) is 0 Å². The van der Waals surface area contributed by atoms with E-state index in [1.807, 2.05) is 0 Å². The van der Waals surface area contributed by atoms with Crippen molar-refractivity contribution in [3.05, 3.63) is 0 Å².